The molecule has 0 aromatic heterocycles. The van der Waals surface area contributed by atoms with Gasteiger partial charge in [-0.2, -0.15) is 0 Å². The molecule has 2 N–H and O–H groups in total. The van der Waals surface area contributed by atoms with Gasteiger partial charge in [-0.3, -0.25) is 4.79 Å². The van der Waals surface area contributed by atoms with Crippen LogP contribution in [0.15, 0.2) is 28.2 Å². The molecule has 1 aliphatic carbocycles. The van der Waals surface area contributed by atoms with E-state index in [9.17, 15) is 4.79 Å². The van der Waals surface area contributed by atoms with Gasteiger partial charge in [0.2, 0.25) is 5.91 Å². The number of hydrogen-bond donors (Lipinski definition) is 1. The Kier molecular flexibility index (Phi) is 6.00. The quantitative estimate of drug-likeness (QED) is 0.417. The number of primary amides is 1. The predicted octanol–water partition coefficient (Wildman–Crippen LogP) is 6.57. The topological polar surface area (TPSA) is 43.1 Å². The summed E-state index contributed by atoms with van der Waals surface area (Å²) in [6.45, 7) is 24.5. The minimum atomic E-state index is -1.88. The van der Waals surface area contributed by atoms with Crippen molar-refractivity contribution in [1.29, 1.82) is 0 Å². The number of amides is 1. The fourth-order valence-corrected chi connectivity index (χ4v) is 42.5. The largest absolute Gasteiger partial charge is 0.366 e. The summed E-state index contributed by atoms with van der Waals surface area (Å²) in [5.41, 5.74) is 14.8. The third-order valence-electron chi connectivity index (χ3n) is 9.59. The van der Waals surface area contributed by atoms with E-state index >= 15 is 0 Å². The Morgan fingerprint density at radius 3 is 2.18 bits per heavy atom. The van der Waals surface area contributed by atoms with Crippen molar-refractivity contribution in [2.24, 2.45) is 5.73 Å². The van der Waals surface area contributed by atoms with Gasteiger partial charge in [0.25, 0.3) is 0 Å². The van der Waals surface area contributed by atoms with Crippen LogP contribution in [-0.2, 0) is 11.8 Å². The molecule has 2 aromatic carbocycles. The van der Waals surface area contributed by atoms with Gasteiger partial charge in [-0.1, -0.05) is 107 Å². The molecular weight excluding hydrogens is 530 g/mol. The number of carbonyl (C=O) groups excluding carboxylic acids is 1. The Morgan fingerprint density at radius 2 is 1.65 bits per heavy atom. The number of benzene rings is 2. The summed E-state index contributed by atoms with van der Waals surface area (Å²) >= 11 is 4.12. The average Bonchev–Trinajstić information content (AvgIpc) is 3.13. The summed E-state index contributed by atoms with van der Waals surface area (Å²) in [6.07, 6.45) is 4.40. The van der Waals surface area contributed by atoms with E-state index in [0.717, 1.165) is 24.0 Å². The smallest absolute Gasteiger partial charge is 0.249 e. The lowest BCUT2D eigenvalue weighted by molar-refractivity contribution is 0.100. The molecule has 2 aromatic rings. The van der Waals surface area contributed by atoms with Crippen LogP contribution in [0.2, 0.25) is 39.3 Å². The highest BCUT2D eigenvalue weighted by Crippen LogP contribution is 2.44. The van der Waals surface area contributed by atoms with Crippen LogP contribution in [0.1, 0.15) is 61.2 Å². The first kappa shape index (κ1) is 25.9. The van der Waals surface area contributed by atoms with Crippen molar-refractivity contribution in [3.63, 3.8) is 0 Å². The highest BCUT2D eigenvalue weighted by molar-refractivity contribution is 9.10. The number of hydrogen-bond acceptors (Lipinski definition) is 1. The minimum absolute atomic E-state index is 0.0176. The number of rotatable bonds is 3. The molecule has 2 nitrogen and oxygen atoms in total. The molecule has 6 heteroatoms. The van der Waals surface area contributed by atoms with Crippen LogP contribution >= 0.6 is 15.9 Å². The maximum absolute atomic E-state index is 13.1. The molecule has 0 fully saturated rings. The lowest BCUT2D eigenvalue weighted by Crippen LogP contribution is -2.82. The van der Waals surface area contributed by atoms with Crippen molar-refractivity contribution in [3.05, 3.63) is 50.5 Å². The van der Waals surface area contributed by atoms with E-state index in [0.29, 0.717) is 0 Å². The predicted molar refractivity (Wildman–Crippen MR) is 160 cm³/mol. The first-order valence-electron chi connectivity index (χ1n) is 12.5. The number of fused-ring (bicyclic) bond motifs is 3. The van der Waals surface area contributed by atoms with Gasteiger partial charge in [0, 0.05) is 17.1 Å². The van der Waals surface area contributed by atoms with E-state index in [4.69, 9.17) is 5.73 Å². The zero-order valence-corrected chi connectivity index (χ0v) is 27.2. The minimum Gasteiger partial charge on any atom is -0.366 e. The highest BCUT2D eigenvalue weighted by atomic mass is 79.9. The van der Waals surface area contributed by atoms with Crippen molar-refractivity contribution in [2.75, 3.05) is 0 Å². The van der Waals surface area contributed by atoms with Crippen molar-refractivity contribution in [3.8, 4) is 11.1 Å². The van der Waals surface area contributed by atoms with E-state index in [-0.39, 0.29) is 11.3 Å². The number of nitrogens with two attached hydrogens (primary N) is 1. The maximum Gasteiger partial charge on any atom is 0.249 e. The summed E-state index contributed by atoms with van der Waals surface area (Å²) in [6, 6.07) is 6.94. The van der Waals surface area contributed by atoms with E-state index in [1.54, 1.807) is 0 Å². The van der Waals surface area contributed by atoms with Crippen molar-refractivity contribution in [2.45, 2.75) is 85.2 Å². The molecule has 2 aliphatic rings. The molecule has 0 atom stereocenters. The standard InChI is InChI=1S/C28H40BrNOSi3/c1-11-17-12-18-14-19(28(2,3)4)15-21(20(18)13-17)24-22(27(30)31)16-23-25(29)26(24)33(7,8)34(9,10)32(23,5)6/h12,14-16H,11,13H2,1-10H3,(H2,30,31). The average molecular weight is 571 g/mol. The van der Waals surface area contributed by atoms with E-state index in [2.05, 4.69) is 107 Å². The van der Waals surface area contributed by atoms with Gasteiger partial charge in [-0.05, 0) is 62.5 Å². The van der Waals surface area contributed by atoms with Gasteiger partial charge in [-0.25, -0.2) is 0 Å². The molecule has 0 saturated heterocycles. The van der Waals surface area contributed by atoms with Crippen LogP contribution in [0.4, 0.5) is 0 Å². The Hall–Kier alpha value is -1.22. The second-order valence-electron chi connectivity index (χ2n) is 12.9. The monoisotopic (exact) mass is 569 g/mol. The SMILES string of the molecule is CCC1=Cc2cc(C(C)(C)C)cc(-c3c(C(N)=O)cc4c(Br)c3[Si](C)(C)[Si](C)(C)[Si]4(C)C)c2C1. The summed E-state index contributed by atoms with van der Waals surface area (Å²) < 4.78 is 1.28. The van der Waals surface area contributed by atoms with Crippen molar-refractivity contribution < 1.29 is 4.79 Å². The molecule has 1 heterocycles. The third-order valence-corrected chi connectivity index (χ3v) is 52.4. The summed E-state index contributed by atoms with van der Waals surface area (Å²) in [5, 5.41) is 2.85. The zero-order valence-electron chi connectivity index (χ0n) is 22.6. The van der Waals surface area contributed by atoms with Crippen LogP contribution < -0.4 is 16.1 Å². The molecule has 0 saturated carbocycles. The molecule has 2 bridgehead atoms. The maximum atomic E-state index is 13.1. The molecule has 1 aliphatic heterocycles. The van der Waals surface area contributed by atoms with Crippen LogP contribution in [0, 0.1) is 0 Å². The molecule has 182 valence electrons. The molecule has 0 spiro atoms. The summed E-state index contributed by atoms with van der Waals surface area (Å²) in [7, 11) is -5.21. The second kappa shape index (κ2) is 7.89. The fourth-order valence-electron chi connectivity index (χ4n) is 6.01. The molecular formula is C28H40BrNOSi3. The van der Waals surface area contributed by atoms with E-state index in [1.165, 1.54) is 42.7 Å². The zero-order chi connectivity index (χ0) is 25.6. The summed E-state index contributed by atoms with van der Waals surface area (Å²) in [4.78, 5) is 13.1. The van der Waals surface area contributed by atoms with E-state index < -0.39 is 22.3 Å². The van der Waals surface area contributed by atoms with Gasteiger partial charge in [0.05, 0.1) is 15.2 Å². The van der Waals surface area contributed by atoms with Gasteiger partial charge < -0.3 is 5.73 Å². The Morgan fingerprint density at radius 1 is 1.03 bits per heavy atom. The number of allylic oxidation sites excluding steroid dienone is 1. The summed E-state index contributed by atoms with van der Waals surface area (Å²) in [5.74, 6) is -0.294. The first-order valence-corrected chi connectivity index (χ1v) is 24.3. The van der Waals surface area contributed by atoms with Crippen molar-refractivity contribution in [1.82, 2.24) is 0 Å². The van der Waals surface area contributed by atoms with Crippen LogP contribution in [0.5, 0.6) is 0 Å². The Bertz CT molecular complexity index is 1270. The Balaban J connectivity index is 2.20. The van der Waals surface area contributed by atoms with Crippen molar-refractivity contribution >= 4 is 60.6 Å². The lowest BCUT2D eigenvalue weighted by atomic mass is 9.82. The normalized spacial score (nSPS) is 19.6. The fraction of sp³-hybridized carbons (Fsp3) is 0.464. The molecule has 0 radical (unpaired) electrons. The van der Waals surface area contributed by atoms with Crippen LogP contribution in [0.25, 0.3) is 17.2 Å². The van der Waals surface area contributed by atoms with Gasteiger partial charge in [0.15, 0.2) is 0 Å². The molecule has 34 heavy (non-hydrogen) atoms. The van der Waals surface area contributed by atoms with Gasteiger partial charge in [0.1, 0.15) is 0 Å². The second-order valence-corrected chi connectivity index (χ2v) is 41.0. The molecule has 1 amide bonds. The highest BCUT2D eigenvalue weighted by Gasteiger charge is 2.59. The first-order chi connectivity index (χ1) is 15.5. The number of halogens is 1. The van der Waals surface area contributed by atoms with Crippen LogP contribution in [-0.4, -0.2) is 28.2 Å². The van der Waals surface area contributed by atoms with Gasteiger partial charge in [-0.15, -0.1) is 0 Å². The molecule has 4 rings (SSSR count). The van der Waals surface area contributed by atoms with Gasteiger partial charge >= 0.3 is 0 Å². The molecule has 0 unspecified atom stereocenters. The third kappa shape index (κ3) is 3.46. The van der Waals surface area contributed by atoms with E-state index in [1.807, 2.05) is 0 Å². The van der Waals surface area contributed by atoms with Crippen LogP contribution in [0.3, 0.4) is 0 Å². The lowest BCUT2D eigenvalue weighted by Gasteiger charge is -2.54. The number of carbonyl (C=O) groups is 1. The Labute approximate surface area is 217 Å².